The molecular formula is C22H47N2O5P. The van der Waals surface area contributed by atoms with E-state index >= 15 is 0 Å². The molecule has 0 fully saturated rings. The van der Waals surface area contributed by atoms with Gasteiger partial charge in [-0.25, -0.2) is 0 Å². The molecule has 0 rings (SSSR count). The van der Waals surface area contributed by atoms with E-state index in [1.54, 1.807) is 0 Å². The Balaban J connectivity index is 4.68. The Bertz CT molecular complexity index is 496. The van der Waals surface area contributed by atoms with Gasteiger partial charge >= 0.3 is 0 Å². The summed E-state index contributed by atoms with van der Waals surface area (Å²) < 4.78 is 18.0. The van der Waals surface area contributed by atoms with E-state index < -0.39 is 19.7 Å². The summed E-state index contributed by atoms with van der Waals surface area (Å²) in [5, 5.41) is 13.5. The Kier molecular flexibility index (Phi) is 16.0. The maximum atomic E-state index is 12.3. The molecule has 0 aromatic carbocycles. The molecule has 2 N–H and O–H groups in total. The van der Waals surface area contributed by atoms with Crippen LogP contribution in [0.4, 0.5) is 0 Å². The molecular weight excluding hydrogens is 403 g/mol. The van der Waals surface area contributed by atoms with Crippen LogP contribution in [0.1, 0.15) is 84.5 Å². The van der Waals surface area contributed by atoms with Gasteiger partial charge in [-0.2, -0.15) is 0 Å². The van der Waals surface area contributed by atoms with Crippen molar-refractivity contribution in [2.75, 3.05) is 40.5 Å². The van der Waals surface area contributed by atoms with Gasteiger partial charge in [0.05, 0.1) is 33.3 Å². The Morgan fingerprint density at radius 1 is 1.03 bits per heavy atom. The van der Waals surface area contributed by atoms with Crippen LogP contribution in [0.3, 0.4) is 0 Å². The fraction of sp³-hybridized carbons (Fsp3) is 0.955. The van der Waals surface area contributed by atoms with Crippen molar-refractivity contribution in [2.24, 2.45) is 0 Å². The van der Waals surface area contributed by atoms with Crippen molar-refractivity contribution < 1.29 is 28.4 Å². The van der Waals surface area contributed by atoms with Crippen molar-refractivity contribution in [3.8, 4) is 0 Å². The molecule has 0 bridgehead atoms. The number of hydrogen-bond acceptors (Lipinski definition) is 5. The number of nitrogens with one attached hydrogen (secondary N) is 1. The molecule has 0 heterocycles. The molecule has 0 aliphatic rings. The fourth-order valence-corrected chi connectivity index (χ4v) is 4.23. The molecule has 7 nitrogen and oxygen atoms in total. The number of likely N-dealkylation sites (N-methyl/N-ethyl adjacent to an activating group) is 1. The highest BCUT2D eigenvalue weighted by Gasteiger charge is 2.23. The first kappa shape index (κ1) is 29.5. The van der Waals surface area contributed by atoms with E-state index in [1.165, 1.54) is 6.42 Å². The minimum absolute atomic E-state index is 0.120. The summed E-state index contributed by atoms with van der Waals surface area (Å²) in [7, 11) is 1.91. The van der Waals surface area contributed by atoms with Crippen molar-refractivity contribution in [3.05, 3.63) is 0 Å². The summed E-state index contributed by atoms with van der Waals surface area (Å²) in [6.45, 7) is 4.96. The number of quaternary nitrogens is 1. The first-order valence-electron chi connectivity index (χ1n) is 11.7. The summed E-state index contributed by atoms with van der Waals surface area (Å²) >= 11 is 0. The van der Waals surface area contributed by atoms with Crippen molar-refractivity contribution in [3.63, 3.8) is 0 Å². The molecule has 0 aliphatic heterocycles. The zero-order valence-corrected chi connectivity index (χ0v) is 20.9. The van der Waals surface area contributed by atoms with E-state index in [0.717, 1.165) is 44.9 Å². The van der Waals surface area contributed by atoms with Crippen LogP contribution in [0.5, 0.6) is 0 Å². The molecule has 0 aromatic rings. The van der Waals surface area contributed by atoms with Gasteiger partial charge in [-0.3, -0.25) is 4.79 Å². The number of nitrogens with zero attached hydrogens (tertiary/aromatic N) is 1. The highest BCUT2D eigenvalue weighted by molar-refractivity contribution is 7.51. The first-order chi connectivity index (χ1) is 14.0. The average Bonchev–Trinajstić information content (AvgIpc) is 2.63. The van der Waals surface area contributed by atoms with Gasteiger partial charge in [0.15, 0.2) is 0 Å². The fourth-order valence-electron chi connectivity index (χ4n) is 3.15. The highest BCUT2D eigenvalue weighted by atomic mass is 31.2. The first-order valence-corrected chi connectivity index (χ1v) is 13.5. The summed E-state index contributed by atoms with van der Waals surface area (Å²) in [4.78, 5) is 24.5. The number of hydrogen-bond donors (Lipinski definition) is 2. The van der Waals surface area contributed by atoms with Crippen molar-refractivity contribution >= 4 is 13.5 Å². The van der Waals surface area contributed by atoms with Crippen LogP contribution in [0, 0.1) is 0 Å². The predicted octanol–water partition coefficient (Wildman–Crippen LogP) is 3.44. The van der Waals surface area contributed by atoms with Gasteiger partial charge in [0.25, 0.3) is 0 Å². The van der Waals surface area contributed by atoms with Crippen molar-refractivity contribution in [1.29, 1.82) is 0 Å². The number of aliphatic hydroxyl groups excluding tert-OH is 1. The summed E-state index contributed by atoms with van der Waals surface area (Å²) in [5.74, 6) is -0.120. The standard InChI is InChI=1S/C22H47N2O5P/c1-6-8-10-11-13-14-21(25)20(23-22(26)15-12-9-7-2)16-19-30(27,28)29-18-17-24(3,4)5/h20-21,25H,6-19H2,1-5H3,(H-,23,26,27,28)/t20-,21+/m0/s1. The van der Waals surface area contributed by atoms with E-state index in [4.69, 9.17) is 4.52 Å². The molecule has 0 spiro atoms. The number of aliphatic hydroxyl groups is 1. The maximum absolute atomic E-state index is 12.3. The van der Waals surface area contributed by atoms with Crippen LogP contribution in [-0.4, -0.2) is 68.1 Å². The largest absolute Gasteiger partial charge is 0.778 e. The number of rotatable bonds is 19. The molecule has 180 valence electrons. The predicted molar refractivity (Wildman–Crippen MR) is 121 cm³/mol. The lowest BCUT2D eigenvalue weighted by Crippen LogP contribution is -2.44. The third-order valence-corrected chi connectivity index (χ3v) is 6.57. The van der Waals surface area contributed by atoms with Crippen LogP contribution in [-0.2, 0) is 13.9 Å². The smallest absolute Gasteiger partial charge is 0.220 e. The SMILES string of the molecule is CCCCCCC[C@@H](O)[C@H](CCP(=O)([O-])OCC[N+](C)(C)C)NC(=O)CCCCC. The van der Waals surface area contributed by atoms with E-state index in [-0.39, 0.29) is 25.1 Å². The van der Waals surface area contributed by atoms with Gasteiger partial charge in [-0.1, -0.05) is 58.8 Å². The Morgan fingerprint density at radius 3 is 2.23 bits per heavy atom. The third-order valence-electron chi connectivity index (χ3n) is 5.19. The summed E-state index contributed by atoms with van der Waals surface area (Å²) in [6, 6.07) is -0.561. The zero-order valence-electron chi connectivity index (χ0n) is 20.0. The van der Waals surface area contributed by atoms with E-state index in [9.17, 15) is 19.4 Å². The number of carbonyl (C=O) groups is 1. The molecule has 3 atom stereocenters. The molecule has 1 unspecified atom stereocenters. The van der Waals surface area contributed by atoms with Crippen LogP contribution >= 0.6 is 7.60 Å². The molecule has 0 radical (unpaired) electrons. The monoisotopic (exact) mass is 450 g/mol. The second kappa shape index (κ2) is 16.2. The van der Waals surface area contributed by atoms with Gasteiger partial charge < -0.3 is 28.9 Å². The van der Waals surface area contributed by atoms with Crippen molar-refractivity contribution in [2.45, 2.75) is 96.6 Å². The minimum Gasteiger partial charge on any atom is -0.778 e. The Morgan fingerprint density at radius 2 is 1.63 bits per heavy atom. The van der Waals surface area contributed by atoms with E-state index in [2.05, 4.69) is 19.2 Å². The maximum Gasteiger partial charge on any atom is 0.220 e. The Labute approximate surface area is 184 Å². The molecule has 8 heteroatoms. The molecule has 0 aromatic heterocycles. The normalized spacial score (nSPS) is 16.1. The topological polar surface area (TPSA) is 98.7 Å². The third kappa shape index (κ3) is 17.2. The van der Waals surface area contributed by atoms with Crippen LogP contribution in [0.2, 0.25) is 0 Å². The number of amides is 1. The lowest BCUT2D eigenvalue weighted by atomic mass is 10.0. The zero-order chi connectivity index (χ0) is 23.0. The Hall–Kier alpha value is -0.460. The molecule has 0 aliphatic carbocycles. The lowest BCUT2D eigenvalue weighted by Gasteiger charge is -2.30. The second-order valence-corrected chi connectivity index (χ2v) is 11.3. The van der Waals surface area contributed by atoms with Crippen LogP contribution in [0.25, 0.3) is 0 Å². The van der Waals surface area contributed by atoms with Crippen molar-refractivity contribution in [1.82, 2.24) is 5.32 Å². The second-order valence-electron chi connectivity index (χ2n) is 9.37. The highest BCUT2D eigenvalue weighted by Crippen LogP contribution is 2.38. The van der Waals surface area contributed by atoms with E-state index in [1.807, 2.05) is 21.1 Å². The lowest BCUT2D eigenvalue weighted by molar-refractivity contribution is -0.870. The van der Waals surface area contributed by atoms with Crippen LogP contribution < -0.4 is 10.2 Å². The number of unbranched alkanes of at least 4 members (excludes halogenated alkanes) is 6. The van der Waals surface area contributed by atoms with Gasteiger partial charge in [0, 0.05) is 12.6 Å². The molecule has 0 saturated heterocycles. The quantitative estimate of drug-likeness (QED) is 0.178. The number of carbonyl (C=O) groups excluding carboxylic acids is 1. The molecule has 0 saturated carbocycles. The van der Waals surface area contributed by atoms with Gasteiger partial charge in [0.1, 0.15) is 20.7 Å². The molecule has 1 amide bonds. The van der Waals surface area contributed by atoms with Gasteiger partial charge in [-0.05, 0) is 19.3 Å². The summed E-state index contributed by atoms with van der Waals surface area (Å²) in [6.07, 6.45) is 8.40. The minimum atomic E-state index is -4.00. The summed E-state index contributed by atoms with van der Waals surface area (Å²) in [5.41, 5.74) is 0. The van der Waals surface area contributed by atoms with Crippen LogP contribution in [0.15, 0.2) is 0 Å². The average molecular weight is 451 g/mol. The van der Waals surface area contributed by atoms with Gasteiger partial charge in [-0.15, -0.1) is 0 Å². The van der Waals surface area contributed by atoms with Gasteiger partial charge in [0.2, 0.25) is 5.91 Å². The van der Waals surface area contributed by atoms with E-state index in [0.29, 0.717) is 23.9 Å². The molecule has 30 heavy (non-hydrogen) atoms.